The Kier molecular flexibility index (Phi) is 5.37. The first-order valence-corrected chi connectivity index (χ1v) is 9.26. The summed E-state index contributed by atoms with van der Waals surface area (Å²) in [6.45, 7) is 2.84. The van der Waals surface area contributed by atoms with Gasteiger partial charge in [-0.2, -0.15) is 13.5 Å². The summed E-state index contributed by atoms with van der Waals surface area (Å²) in [5, 5.41) is 9.24. The summed E-state index contributed by atoms with van der Waals surface area (Å²) in [4.78, 5) is 18.3. The minimum absolute atomic E-state index is 0. The Morgan fingerprint density at radius 2 is 1.79 bits per heavy atom. The first kappa shape index (κ1) is 19.2. The molecule has 1 fully saturated rings. The van der Waals surface area contributed by atoms with E-state index in [0.717, 1.165) is 35.7 Å². The first-order chi connectivity index (χ1) is 13.8. The summed E-state index contributed by atoms with van der Waals surface area (Å²) < 4.78 is 7.16. The Labute approximate surface area is 174 Å². The molecule has 8 heteroatoms. The lowest BCUT2D eigenvalue weighted by Crippen LogP contribution is -2.37. The molecule has 0 spiro atoms. The van der Waals surface area contributed by atoms with Crippen LogP contribution in [0.1, 0.15) is 0 Å². The summed E-state index contributed by atoms with van der Waals surface area (Å²) in [5.41, 5.74) is 3.27. The average molecular weight is 407 g/mol. The highest BCUT2D eigenvalue weighted by molar-refractivity contribution is 7.59. The Bertz CT molecular complexity index is 1180. The molecule has 3 heterocycles. The maximum absolute atomic E-state index is 12.7. The average Bonchev–Trinajstić information content (AvgIpc) is 3.25. The van der Waals surface area contributed by atoms with Crippen molar-refractivity contribution in [2.75, 3.05) is 31.2 Å². The molecule has 2 aromatic heterocycles. The number of nitrogens with zero attached hydrogens (tertiary/aromatic N) is 4. The SMILES string of the molecule is O=c1cc(N2CCOCC2)[nH]c2c(-c3cn(-c4ccccc4)nn3)cccc12.S. The van der Waals surface area contributed by atoms with Crippen LogP contribution in [0.5, 0.6) is 0 Å². The normalized spacial score (nSPS) is 14.0. The van der Waals surface area contributed by atoms with E-state index in [1.165, 1.54) is 0 Å². The number of H-pyrrole nitrogens is 1. The lowest BCUT2D eigenvalue weighted by Gasteiger charge is -2.28. The number of pyridine rings is 1. The number of morpholine rings is 1. The zero-order valence-electron chi connectivity index (χ0n) is 15.7. The molecule has 1 saturated heterocycles. The predicted molar refractivity (Wildman–Crippen MR) is 118 cm³/mol. The van der Waals surface area contributed by atoms with Crippen molar-refractivity contribution in [1.82, 2.24) is 20.0 Å². The third kappa shape index (κ3) is 3.64. The van der Waals surface area contributed by atoms with Crippen molar-refractivity contribution in [3.8, 4) is 16.9 Å². The van der Waals surface area contributed by atoms with Crippen LogP contribution in [0.2, 0.25) is 0 Å². The summed E-state index contributed by atoms with van der Waals surface area (Å²) in [6, 6.07) is 17.2. The highest BCUT2D eigenvalue weighted by Gasteiger charge is 2.16. The molecule has 148 valence electrons. The second kappa shape index (κ2) is 8.10. The molecule has 0 unspecified atom stereocenters. The van der Waals surface area contributed by atoms with Crippen molar-refractivity contribution in [3.63, 3.8) is 0 Å². The van der Waals surface area contributed by atoms with E-state index in [0.29, 0.717) is 24.3 Å². The van der Waals surface area contributed by atoms with Crippen LogP contribution in [-0.2, 0) is 4.74 Å². The molecule has 0 radical (unpaired) electrons. The van der Waals surface area contributed by atoms with E-state index in [-0.39, 0.29) is 18.9 Å². The number of nitrogens with one attached hydrogen (secondary N) is 1. The highest BCUT2D eigenvalue weighted by atomic mass is 32.1. The number of benzene rings is 2. The number of aromatic amines is 1. The Balaban J connectivity index is 0.00000205. The van der Waals surface area contributed by atoms with Crippen LogP contribution in [0.4, 0.5) is 5.82 Å². The molecule has 0 bridgehead atoms. The fraction of sp³-hybridized carbons (Fsp3) is 0.190. The minimum atomic E-state index is -0.00690. The van der Waals surface area contributed by atoms with Crippen molar-refractivity contribution >= 4 is 30.2 Å². The molecule has 29 heavy (non-hydrogen) atoms. The van der Waals surface area contributed by atoms with Crippen LogP contribution in [0, 0.1) is 0 Å². The van der Waals surface area contributed by atoms with Gasteiger partial charge in [0.1, 0.15) is 11.5 Å². The Morgan fingerprint density at radius 3 is 2.59 bits per heavy atom. The van der Waals surface area contributed by atoms with E-state index in [1.54, 1.807) is 10.7 Å². The Morgan fingerprint density at radius 1 is 1.00 bits per heavy atom. The van der Waals surface area contributed by atoms with Crippen molar-refractivity contribution < 1.29 is 4.74 Å². The van der Waals surface area contributed by atoms with Gasteiger partial charge in [-0.15, -0.1) is 5.10 Å². The highest BCUT2D eigenvalue weighted by Crippen LogP contribution is 2.26. The molecule has 0 aliphatic carbocycles. The summed E-state index contributed by atoms with van der Waals surface area (Å²) >= 11 is 0. The third-order valence-electron chi connectivity index (χ3n) is 4.99. The van der Waals surface area contributed by atoms with Gasteiger partial charge in [-0.25, -0.2) is 4.68 Å². The molecule has 1 aliphatic rings. The van der Waals surface area contributed by atoms with Crippen LogP contribution in [0.15, 0.2) is 65.6 Å². The van der Waals surface area contributed by atoms with E-state index in [1.807, 2.05) is 54.7 Å². The number of para-hydroxylation sites is 2. The van der Waals surface area contributed by atoms with E-state index >= 15 is 0 Å². The van der Waals surface area contributed by atoms with Crippen molar-refractivity contribution in [1.29, 1.82) is 0 Å². The van der Waals surface area contributed by atoms with Gasteiger partial charge in [0, 0.05) is 30.1 Å². The number of ether oxygens (including phenoxy) is 1. The predicted octanol–water partition coefficient (Wildman–Crippen LogP) is 2.73. The number of hydrogen-bond acceptors (Lipinski definition) is 5. The van der Waals surface area contributed by atoms with Crippen LogP contribution in [0.25, 0.3) is 27.8 Å². The topological polar surface area (TPSA) is 76.0 Å². The van der Waals surface area contributed by atoms with E-state index in [9.17, 15) is 4.79 Å². The maximum atomic E-state index is 12.7. The van der Waals surface area contributed by atoms with Gasteiger partial charge in [0.2, 0.25) is 0 Å². The third-order valence-corrected chi connectivity index (χ3v) is 4.99. The largest absolute Gasteiger partial charge is 0.378 e. The Hall–Kier alpha value is -3.10. The number of anilines is 1. The second-order valence-electron chi connectivity index (χ2n) is 6.73. The van der Waals surface area contributed by atoms with Gasteiger partial charge >= 0.3 is 0 Å². The van der Waals surface area contributed by atoms with Gasteiger partial charge < -0.3 is 14.6 Å². The molecule has 2 aromatic carbocycles. The molecule has 0 saturated carbocycles. The number of fused-ring (bicyclic) bond motifs is 1. The van der Waals surface area contributed by atoms with Crippen LogP contribution in [-0.4, -0.2) is 46.3 Å². The second-order valence-corrected chi connectivity index (χ2v) is 6.73. The lowest BCUT2D eigenvalue weighted by molar-refractivity contribution is 0.122. The van der Waals surface area contributed by atoms with Gasteiger partial charge in [0.25, 0.3) is 0 Å². The summed E-state index contributed by atoms with van der Waals surface area (Å²) in [6.07, 6.45) is 1.88. The van der Waals surface area contributed by atoms with Crippen molar-refractivity contribution in [2.24, 2.45) is 0 Å². The van der Waals surface area contributed by atoms with Crippen LogP contribution < -0.4 is 10.3 Å². The first-order valence-electron chi connectivity index (χ1n) is 9.26. The van der Waals surface area contributed by atoms with Crippen molar-refractivity contribution in [3.05, 3.63) is 71.0 Å². The molecule has 5 rings (SSSR count). The smallest absolute Gasteiger partial charge is 0.191 e. The van der Waals surface area contributed by atoms with E-state index in [4.69, 9.17) is 4.74 Å². The van der Waals surface area contributed by atoms with Gasteiger partial charge in [-0.3, -0.25) is 4.79 Å². The fourth-order valence-corrected chi connectivity index (χ4v) is 3.54. The molecule has 0 atom stereocenters. The number of hydrogen-bond donors (Lipinski definition) is 1. The monoisotopic (exact) mass is 407 g/mol. The zero-order chi connectivity index (χ0) is 18.9. The number of rotatable bonds is 3. The van der Waals surface area contributed by atoms with E-state index < -0.39 is 0 Å². The van der Waals surface area contributed by atoms with Gasteiger partial charge in [0.15, 0.2) is 5.43 Å². The molecule has 1 N–H and O–H groups in total. The van der Waals surface area contributed by atoms with Crippen LogP contribution >= 0.6 is 13.5 Å². The maximum Gasteiger partial charge on any atom is 0.191 e. The molecular formula is C21H21N5O2S. The molecular weight excluding hydrogens is 386 g/mol. The van der Waals surface area contributed by atoms with Gasteiger partial charge in [-0.1, -0.05) is 35.5 Å². The van der Waals surface area contributed by atoms with E-state index in [2.05, 4.69) is 20.2 Å². The van der Waals surface area contributed by atoms with Crippen molar-refractivity contribution in [2.45, 2.75) is 0 Å². The van der Waals surface area contributed by atoms with Crippen LogP contribution in [0.3, 0.4) is 0 Å². The molecule has 7 nitrogen and oxygen atoms in total. The van der Waals surface area contributed by atoms with Gasteiger partial charge in [0.05, 0.1) is 30.6 Å². The standard InChI is InChI=1S/C21H19N5O2.H2S/c27-19-13-20(25-9-11-28-12-10-25)22-21-16(7-4-8-17(19)21)18-14-26(24-23-18)15-5-2-1-3-6-15;/h1-8,13-14H,9-12H2,(H,22,27);1H2. The summed E-state index contributed by atoms with van der Waals surface area (Å²) in [7, 11) is 0. The quantitative estimate of drug-likeness (QED) is 0.565. The number of aromatic nitrogens is 4. The minimum Gasteiger partial charge on any atom is -0.378 e. The molecule has 4 aromatic rings. The molecule has 1 aliphatic heterocycles. The molecule has 0 amide bonds. The van der Waals surface area contributed by atoms with Gasteiger partial charge in [-0.05, 0) is 18.2 Å². The summed E-state index contributed by atoms with van der Waals surface area (Å²) in [5.74, 6) is 0.809. The lowest BCUT2D eigenvalue weighted by atomic mass is 10.1. The zero-order valence-corrected chi connectivity index (χ0v) is 16.7. The fourth-order valence-electron chi connectivity index (χ4n) is 3.54.